The van der Waals surface area contributed by atoms with E-state index >= 15 is 0 Å². The van der Waals surface area contributed by atoms with Gasteiger partial charge >= 0.3 is 5.97 Å². The van der Waals surface area contributed by atoms with Crippen molar-refractivity contribution in [3.8, 4) is 0 Å². The number of hydrogen-bond acceptors (Lipinski definition) is 5. The molecule has 1 unspecified atom stereocenters. The highest BCUT2D eigenvalue weighted by molar-refractivity contribution is 5.76. The minimum atomic E-state index is -0.518. The molecule has 0 radical (unpaired) electrons. The highest BCUT2D eigenvalue weighted by Gasteiger charge is 2.59. The quantitative estimate of drug-likeness (QED) is 0.576. The summed E-state index contributed by atoms with van der Waals surface area (Å²) in [5.41, 5.74) is 5.08. The summed E-state index contributed by atoms with van der Waals surface area (Å²) in [6.45, 7) is 13.3. The van der Waals surface area contributed by atoms with E-state index in [4.69, 9.17) is 4.74 Å². The van der Waals surface area contributed by atoms with Gasteiger partial charge in [-0.2, -0.15) is 0 Å². The number of carbonyl (C=O) groups is 1. The van der Waals surface area contributed by atoms with Crippen LogP contribution in [0.1, 0.15) is 44.2 Å². The highest BCUT2D eigenvalue weighted by atomic mass is 16.6. The standard InChI is InChI=1S/C27H38N2O3/c1-17-7-5-10-22(19(17)3)29-13-11-28(12-14-29)16-21-24-23(32-26(21)31)15-20-9-6-8-18(2)27(20,4)25(24)30/h5,7,9-10,18,21,23-25,30H,6,8,11-16H2,1-4H3/t18-,21?,23+,24+,25-,27+/m0/s1. The fourth-order valence-electron chi connectivity index (χ4n) is 6.80. The number of ether oxygens (including phenoxy) is 1. The summed E-state index contributed by atoms with van der Waals surface area (Å²) in [7, 11) is 0. The zero-order chi connectivity index (χ0) is 22.6. The molecule has 0 spiro atoms. The molecule has 2 aliphatic heterocycles. The van der Waals surface area contributed by atoms with E-state index in [2.05, 4.69) is 61.8 Å². The lowest BCUT2D eigenvalue weighted by atomic mass is 9.55. The van der Waals surface area contributed by atoms with Crippen LogP contribution in [0.15, 0.2) is 29.8 Å². The Bertz CT molecular complexity index is 919. The van der Waals surface area contributed by atoms with Gasteiger partial charge in [-0.25, -0.2) is 0 Å². The number of hydrogen-bond donors (Lipinski definition) is 1. The number of anilines is 1. The van der Waals surface area contributed by atoms with Crippen LogP contribution >= 0.6 is 0 Å². The number of nitrogens with zero attached hydrogens (tertiary/aromatic N) is 2. The first-order chi connectivity index (χ1) is 15.3. The lowest BCUT2D eigenvalue weighted by molar-refractivity contribution is -0.145. The lowest BCUT2D eigenvalue weighted by Crippen LogP contribution is -2.55. The van der Waals surface area contributed by atoms with Gasteiger partial charge < -0.3 is 14.7 Å². The van der Waals surface area contributed by atoms with Gasteiger partial charge in [-0.1, -0.05) is 37.6 Å². The van der Waals surface area contributed by atoms with Crippen molar-refractivity contribution in [2.45, 2.75) is 59.2 Å². The van der Waals surface area contributed by atoms with Gasteiger partial charge in [0.05, 0.1) is 12.0 Å². The van der Waals surface area contributed by atoms with Gasteiger partial charge in [-0.05, 0) is 49.8 Å². The molecule has 4 aliphatic rings. The number of aliphatic hydroxyl groups excluding tert-OH is 1. The Hall–Kier alpha value is -1.85. The summed E-state index contributed by atoms with van der Waals surface area (Å²) in [4.78, 5) is 17.8. The number of esters is 1. The molecule has 0 amide bonds. The van der Waals surface area contributed by atoms with E-state index in [0.29, 0.717) is 12.5 Å². The fraction of sp³-hybridized carbons (Fsp3) is 0.667. The van der Waals surface area contributed by atoms with E-state index in [-0.39, 0.29) is 29.3 Å². The van der Waals surface area contributed by atoms with Gasteiger partial charge in [0.1, 0.15) is 6.10 Å². The average molecular weight is 439 g/mol. The van der Waals surface area contributed by atoms with Crippen LogP contribution in [0.3, 0.4) is 0 Å². The number of fused-ring (bicyclic) bond motifs is 2. The molecule has 1 saturated carbocycles. The Morgan fingerprint density at radius 3 is 2.69 bits per heavy atom. The van der Waals surface area contributed by atoms with Crippen LogP contribution in [0.25, 0.3) is 0 Å². The molecule has 5 heteroatoms. The third-order valence-electron chi connectivity index (χ3n) is 9.31. The molecule has 5 rings (SSSR count). The van der Waals surface area contributed by atoms with Crippen molar-refractivity contribution in [1.29, 1.82) is 0 Å². The molecule has 2 heterocycles. The first-order valence-corrected chi connectivity index (χ1v) is 12.4. The molecular weight excluding hydrogens is 400 g/mol. The first-order valence-electron chi connectivity index (χ1n) is 12.4. The second-order valence-electron chi connectivity index (χ2n) is 10.8. The predicted molar refractivity (Wildman–Crippen MR) is 127 cm³/mol. The van der Waals surface area contributed by atoms with Crippen molar-refractivity contribution in [2.24, 2.45) is 23.2 Å². The SMILES string of the molecule is Cc1cccc(N2CCN(CC3C(=O)O[C@@H]4CC5=CCC[C@H](C)[C@@]5(C)[C@@H](O)[C@H]34)CC2)c1C. The van der Waals surface area contributed by atoms with E-state index in [1.807, 2.05) is 0 Å². The number of aliphatic hydroxyl groups is 1. The Morgan fingerprint density at radius 2 is 1.94 bits per heavy atom. The van der Waals surface area contributed by atoms with Gasteiger partial charge in [0.2, 0.25) is 0 Å². The van der Waals surface area contributed by atoms with E-state index in [9.17, 15) is 9.90 Å². The Morgan fingerprint density at radius 1 is 1.19 bits per heavy atom. The van der Waals surface area contributed by atoms with Gasteiger partial charge in [0, 0.05) is 56.2 Å². The summed E-state index contributed by atoms with van der Waals surface area (Å²) in [6.07, 6.45) is 4.59. The van der Waals surface area contributed by atoms with Gasteiger partial charge in [-0.15, -0.1) is 0 Å². The summed E-state index contributed by atoms with van der Waals surface area (Å²) < 4.78 is 5.86. The molecule has 5 nitrogen and oxygen atoms in total. The normalized spacial score (nSPS) is 37.5. The number of piperazine rings is 1. The van der Waals surface area contributed by atoms with Gasteiger partial charge in [0.15, 0.2) is 0 Å². The molecule has 3 fully saturated rings. The van der Waals surface area contributed by atoms with E-state index in [1.54, 1.807) is 0 Å². The van der Waals surface area contributed by atoms with Crippen LogP contribution < -0.4 is 4.90 Å². The van der Waals surface area contributed by atoms with Crippen molar-refractivity contribution in [1.82, 2.24) is 4.90 Å². The topological polar surface area (TPSA) is 53.0 Å². The minimum absolute atomic E-state index is 0.0951. The van der Waals surface area contributed by atoms with Crippen LogP contribution in [0.2, 0.25) is 0 Å². The third-order valence-corrected chi connectivity index (χ3v) is 9.31. The van der Waals surface area contributed by atoms with Gasteiger partial charge in [-0.3, -0.25) is 9.69 Å². The molecule has 1 N–H and O–H groups in total. The van der Waals surface area contributed by atoms with E-state index in [0.717, 1.165) is 45.4 Å². The molecular formula is C27H38N2O3. The van der Waals surface area contributed by atoms with Gasteiger partial charge in [0.25, 0.3) is 0 Å². The number of rotatable bonds is 3. The zero-order valence-corrected chi connectivity index (χ0v) is 20.0. The number of aryl methyl sites for hydroxylation is 1. The summed E-state index contributed by atoms with van der Waals surface area (Å²) in [5.74, 6) is -0.000529. The second kappa shape index (κ2) is 8.18. The Balaban J connectivity index is 1.28. The smallest absolute Gasteiger partial charge is 0.311 e. The molecule has 0 aromatic heterocycles. The van der Waals surface area contributed by atoms with Crippen molar-refractivity contribution >= 4 is 11.7 Å². The molecule has 2 aliphatic carbocycles. The summed E-state index contributed by atoms with van der Waals surface area (Å²) in [5, 5.41) is 11.6. The van der Waals surface area contributed by atoms with Crippen LogP contribution in [0.5, 0.6) is 0 Å². The number of benzene rings is 1. The third kappa shape index (κ3) is 3.40. The zero-order valence-electron chi connectivity index (χ0n) is 20.0. The minimum Gasteiger partial charge on any atom is -0.461 e. The molecule has 2 saturated heterocycles. The molecule has 1 aromatic carbocycles. The maximum Gasteiger partial charge on any atom is 0.311 e. The summed E-state index contributed by atoms with van der Waals surface area (Å²) in [6, 6.07) is 6.52. The van der Waals surface area contributed by atoms with Crippen molar-refractivity contribution in [3.05, 3.63) is 41.0 Å². The monoisotopic (exact) mass is 438 g/mol. The highest BCUT2D eigenvalue weighted by Crippen LogP contribution is 2.56. The summed E-state index contributed by atoms with van der Waals surface area (Å²) >= 11 is 0. The fourth-order valence-corrected chi connectivity index (χ4v) is 6.80. The number of carbonyl (C=O) groups excluding carboxylic acids is 1. The van der Waals surface area contributed by atoms with Crippen LogP contribution in [-0.2, 0) is 9.53 Å². The number of allylic oxidation sites excluding steroid dienone is 1. The molecule has 32 heavy (non-hydrogen) atoms. The lowest BCUT2D eigenvalue weighted by Gasteiger charge is -2.52. The average Bonchev–Trinajstić information content (AvgIpc) is 3.08. The van der Waals surface area contributed by atoms with Crippen molar-refractivity contribution in [2.75, 3.05) is 37.6 Å². The molecule has 0 bridgehead atoms. The maximum atomic E-state index is 12.9. The maximum absolute atomic E-state index is 12.9. The molecule has 174 valence electrons. The van der Waals surface area contributed by atoms with E-state index < -0.39 is 6.10 Å². The first kappa shape index (κ1) is 22.0. The van der Waals surface area contributed by atoms with Crippen molar-refractivity contribution < 1.29 is 14.6 Å². The van der Waals surface area contributed by atoms with Crippen molar-refractivity contribution in [3.63, 3.8) is 0 Å². The van der Waals surface area contributed by atoms with Crippen LogP contribution in [0.4, 0.5) is 5.69 Å². The Kier molecular flexibility index (Phi) is 5.61. The van der Waals surface area contributed by atoms with E-state index in [1.165, 1.54) is 22.4 Å². The molecule has 1 aromatic rings. The van der Waals surface area contributed by atoms with Crippen LogP contribution in [-0.4, -0.2) is 60.9 Å². The Labute approximate surface area is 192 Å². The largest absolute Gasteiger partial charge is 0.461 e. The predicted octanol–water partition coefficient (Wildman–Crippen LogP) is 3.71. The second-order valence-corrected chi connectivity index (χ2v) is 10.8. The van der Waals surface area contributed by atoms with Crippen LogP contribution in [0, 0.1) is 37.0 Å². The molecule has 6 atom stereocenters.